The summed E-state index contributed by atoms with van der Waals surface area (Å²) >= 11 is 0. The topological polar surface area (TPSA) is 118 Å². The van der Waals surface area contributed by atoms with Crippen LogP contribution in [0.1, 0.15) is 61.3 Å². The van der Waals surface area contributed by atoms with Crippen molar-refractivity contribution in [2.24, 2.45) is 0 Å². The summed E-state index contributed by atoms with van der Waals surface area (Å²) in [7, 11) is 0. The van der Waals surface area contributed by atoms with Gasteiger partial charge in [0.25, 0.3) is 0 Å². The number of fused-ring (bicyclic) bond motifs is 2. The molecule has 2 unspecified atom stereocenters. The Bertz CT molecular complexity index is 1150. The Balaban J connectivity index is 2.25. The monoisotopic (exact) mass is 412 g/mol. The van der Waals surface area contributed by atoms with E-state index >= 15 is 0 Å². The Kier molecular flexibility index (Phi) is 6.05. The number of esters is 2. The van der Waals surface area contributed by atoms with Crippen LogP contribution in [0.5, 0.6) is 0 Å². The highest BCUT2D eigenvalue weighted by molar-refractivity contribution is 6.11. The zero-order valence-corrected chi connectivity index (χ0v) is 17.3. The number of ether oxygens (including phenoxy) is 2. The van der Waals surface area contributed by atoms with Crippen LogP contribution in [-0.2, 0) is 9.47 Å². The van der Waals surface area contributed by atoms with Crippen LogP contribution in [0.25, 0.3) is 21.8 Å². The Morgan fingerprint density at radius 2 is 1.17 bits per heavy atom. The van der Waals surface area contributed by atoms with E-state index in [0.29, 0.717) is 34.6 Å². The lowest BCUT2D eigenvalue weighted by Crippen LogP contribution is -2.19. The maximum Gasteiger partial charge on any atom is 0.339 e. The molecule has 2 N–H and O–H groups in total. The molecule has 1 aromatic carbocycles. The van der Waals surface area contributed by atoms with Gasteiger partial charge in [-0.2, -0.15) is 0 Å². The molecule has 0 bridgehead atoms. The lowest BCUT2D eigenvalue weighted by molar-refractivity contribution is 0.0327. The second-order valence-corrected chi connectivity index (χ2v) is 7.29. The number of benzene rings is 1. The van der Waals surface area contributed by atoms with Gasteiger partial charge < -0.3 is 19.4 Å². The van der Waals surface area contributed by atoms with Gasteiger partial charge in [-0.05, 0) is 38.8 Å². The fraction of sp³-hybridized carbons (Fsp3) is 0.364. The van der Waals surface area contributed by atoms with E-state index < -0.39 is 23.1 Å². The fourth-order valence-corrected chi connectivity index (χ4v) is 3.00. The molecule has 8 heteroatoms. The molecule has 0 spiro atoms. The summed E-state index contributed by atoms with van der Waals surface area (Å²) in [6, 6.07) is 5.44. The van der Waals surface area contributed by atoms with E-state index in [0.717, 1.165) is 0 Å². The molecule has 0 amide bonds. The highest BCUT2D eigenvalue weighted by Crippen LogP contribution is 2.25. The molecular formula is C22H24N2O6. The first-order chi connectivity index (χ1) is 14.2. The second-order valence-electron chi connectivity index (χ2n) is 7.29. The molecule has 0 aliphatic heterocycles. The minimum Gasteiger partial charge on any atom is -0.459 e. The van der Waals surface area contributed by atoms with E-state index in [1.54, 1.807) is 19.9 Å². The quantitative estimate of drug-likeness (QED) is 0.474. The molecule has 3 aromatic rings. The first-order valence-corrected chi connectivity index (χ1v) is 9.89. The van der Waals surface area contributed by atoms with Gasteiger partial charge in [-0.25, -0.2) is 9.59 Å². The van der Waals surface area contributed by atoms with E-state index in [-0.39, 0.29) is 23.3 Å². The number of hydrogen-bond acceptors (Lipinski definition) is 6. The van der Waals surface area contributed by atoms with Crippen LogP contribution in [0.2, 0.25) is 0 Å². The van der Waals surface area contributed by atoms with E-state index in [1.807, 2.05) is 13.8 Å². The normalized spacial score (nSPS) is 13.2. The van der Waals surface area contributed by atoms with Crippen LogP contribution in [-0.4, -0.2) is 34.1 Å². The third-order valence-corrected chi connectivity index (χ3v) is 5.01. The van der Waals surface area contributed by atoms with Crippen LogP contribution < -0.4 is 11.1 Å². The van der Waals surface area contributed by atoms with Crippen molar-refractivity contribution in [3.05, 3.63) is 56.1 Å². The summed E-state index contributed by atoms with van der Waals surface area (Å²) < 4.78 is 10.8. The van der Waals surface area contributed by atoms with Gasteiger partial charge in [0.05, 0.1) is 34.4 Å². The largest absolute Gasteiger partial charge is 0.459 e. The first kappa shape index (κ1) is 21.3. The number of carbonyl (C=O) groups is 2. The Morgan fingerprint density at radius 1 is 0.767 bits per heavy atom. The SMILES string of the molecule is CCC(C)OC(=O)c1cc(=O)[nH]c2cc3[nH]c(=O)cc(C(=O)OC(C)CC)c3cc12. The summed E-state index contributed by atoms with van der Waals surface area (Å²) in [6.45, 7) is 7.28. The standard InChI is InChI=1S/C22H24N2O6/c1-5-11(3)29-21(27)15-8-19(25)23-17-10-18-14(7-13(15)17)16(9-20(26)24-18)22(28)30-12(4)6-2/h7-12H,5-6H2,1-4H3,(H,23,25)(H,24,26). The molecule has 0 aliphatic carbocycles. The predicted molar refractivity (Wildman–Crippen MR) is 113 cm³/mol. The Hall–Kier alpha value is -3.42. The number of nitrogens with one attached hydrogen (secondary N) is 2. The molecule has 2 heterocycles. The van der Waals surface area contributed by atoms with Crippen LogP contribution in [0, 0.1) is 0 Å². The lowest BCUT2D eigenvalue weighted by atomic mass is 10.0. The van der Waals surface area contributed by atoms with Crippen LogP contribution in [0.3, 0.4) is 0 Å². The van der Waals surface area contributed by atoms with E-state index in [9.17, 15) is 19.2 Å². The number of hydrogen-bond donors (Lipinski definition) is 2. The molecule has 3 rings (SSSR count). The van der Waals surface area contributed by atoms with Gasteiger partial charge in [0.1, 0.15) is 0 Å². The van der Waals surface area contributed by atoms with E-state index in [1.165, 1.54) is 18.2 Å². The lowest BCUT2D eigenvalue weighted by Gasteiger charge is -2.14. The smallest absolute Gasteiger partial charge is 0.339 e. The summed E-state index contributed by atoms with van der Waals surface area (Å²) in [5.41, 5.74) is -0.101. The Morgan fingerprint density at radius 3 is 1.53 bits per heavy atom. The van der Waals surface area contributed by atoms with Crippen molar-refractivity contribution in [1.82, 2.24) is 9.97 Å². The summed E-state index contributed by atoms with van der Waals surface area (Å²) in [4.78, 5) is 54.8. The van der Waals surface area contributed by atoms with Crippen molar-refractivity contribution >= 4 is 33.7 Å². The molecular weight excluding hydrogens is 388 g/mol. The maximum atomic E-state index is 12.6. The minimum absolute atomic E-state index is 0.0865. The van der Waals surface area contributed by atoms with Gasteiger partial charge in [-0.15, -0.1) is 0 Å². The van der Waals surface area contributed by atoms with Gasteiger partial charge in [-0.1, -0.05) is 13.8 Å². The number of aromatic amines is 2. The van der Waals surface area contributed by atoms with Crippen LogP contribution in [0.4, 0.5) is 0 Å². The average molecular weight is 412 g/mol. The third kappa shape index (κ3) is 4.27. The Labute approximate surface area is 172 Å². The fourth-order valence-electron chi connectivity index (χ4n) is 3.00. The van der Waals surface area contributed by atoms with Crippen molar-refractivity contribution in [3.8, 4) is 0 Å². The van der Waals surface area contributed by atoms with Crippen molar-refractivity contribution in [3.63, 3.8) is 0 Å². The van der Waals surface area contributed by atoms with Crippen molar-refractivity contribution in [2.75, 3.05) is 0 Å². The molecule has 0 aliphatic rings. The van der Waals surface area contributed by atoms with E-state index in [4.69, 9.17) is 9.47 Å². The van der Waals surface area contributed by atoms with Crippen LogP contribution in [0.15, 0.2) is 33.9 Å². The van der Waals surface area contributed by atoms with Gasteiger partial charge in [0, 0.05) is 22.9 Å². The molecule has 0 radical (unpaired) electrons. The van der Waals surface area contributed by atoms with Gasteiger partial charge >= 0.3 is 11.9 Å². The van der Waals surface area contributed by atoms with E-state index in [2.05, 4.69) is 9.97 Å². The number of rotatable bonds is 6. The molecule has 0 saturated carbocycles. The number of carbonyl (C=O) groups excluding carboxylic acids is 2. The summed E-state index contributed by atoms with van der Waals surface area (Å²) in [5.74, 6) is -1.26. The van der Waals surface area contributed by atoms with Crippen molar-refractivity contribution < 1.29 is 19.1 Å². The minimum atomic E-state index is -0.632. The molecule has 158 valence electrons. The second kappa shape index (κ2) is 8.52. The number of pyridine rings is 2. The van der Waals surface area contributed by atoms with Gasteiger partial charge in [0.2, 0.25) is 11.1 Å². The first-order valence-electron chi connectivity index (χ1n) is 9.89. The zero-order chi connectivity index (χ0) is 22.0. The van der Waals surface area contributed by atoms with Crippen LogP contribution >= 0.6 is 0 Å². The summed E-state index contributed by atoms with van der Waals surface area (Å²) in [6.07, 6.45) is 0.625. The molecule has 0 saturated heterocycles. The zero-order valence-electron chi connectivity index (χ0n) is 17.3. The van der Waals surface area contributed by atoms with Gasteiger partial charge in [-0.3, -0.25) is 9.59 Å². The highest BCUT2D eigenvalue weighted by atomic mass is 16.5. The number of H-pyrrole nitrogens is 2. The molecule has 2 atom stereocenters. The third-order valence-electron chi connectivity index (χ3n) is 5.01. The van der Waals surface area contributed by atoms with Gasteiger partial charge in [0.15, 0.2) is 0 Å². The molecule has 0 fully saturated rings. The molecule has 2 aromatic heterocycles. The molecule has 30 heavy (non-hydrogen) atoms. The number of aromatic nitrogens is 2. The maximum absolute atomic E-state index is 12.6. The summed E-state index contributed by atoms with van der Waals surface area (Å²) in [5, 5.41) is 0.806. The van der Waals surface area contributed by atoms with Crippen molar-refractivity contribution in [2.45, 2.75) is 52.7 Å². The highest BCUT2D eigenvalue weighted by Gasteiger charge is 2.20. The molecule has 8 nitrogen and oxygen atoms in total. The average Bonchev–Trinajstić information content (AvgIpc) is 2.70. The van der Waals surface area contributed by atoms with Crippen molar-refractivity contribution in [1.29, 1.82) is 0 Å². The predicted octanol–water partition coefficient (Wildman–Crippen LogP) is 3.28.